The van der Waals surface area contributed by atoms with Crippen LogP contribution in [0.3, 0.4) is 0 Å². The minimum atomic E-state index is -3.96. The van der Waals surface area contributed by atoms with Gasteiger partial charge in [0.15, 0.2) is 6.61 Å². The van der Waals surface area contributed by atoms with Crippen molar-refractivity contribution < 1.29 is 31.9 Å². The van der Waals surface area contributed by atoms with Crippen molar-refractivity contribution in [2.45, 2.75) is 31.0 Å². The summed E-state index contributed by atoms with van der Waals surface area (Å²) in [5, 5.41) is 3.00. The zero-order valence-corrected chi connectivity index (χ0v) is 27.8. The number of aryl methyl sites for hydroxylation is 1. The zero-order valence-electron chi connectivity index (χ0n) is 27.0. The fraction of sp³-hybridized carbons (Fsp3) is 0.158. The van der Waals surface area contributed by atoms with Crippen LogP contribution in [0.2, 0.25) is 0 Å². The molecule has 9 nitrogen and oxygen atoms in total. The van der Waals surface area contributed by atoms with Gasteiger partial charge in [0.2, 0.25) is 5.91 Å². The molecule has 49 heavy (non-hydrogen) atoms. The van der Waals surface area contributed by atoms with Crippen molar-refractivity contribution in [1.82, 2.24) is 10.2 Å². The number of halogens is 1. The van der Waals surface area contributed by atoms with Crippen LogP contribution in [0.15, 0.2) is 132 Å². The molecule has 0 spiro atoms. The normalized spacial score (nSPS) is 11.7. The molecule has 2 N–H and O–H groups in total. The molecule has 0 aliphatic heterocycles. The molecule has 1 unspecified atom stereocenters. The quantitative estimate of drug-likeness (QED) is 0.140. The number of hydrogen-bond donors (Lipinski definition) is 2. The smallest absolute Gasteiger partial charge is 0.261 e. The molecule has 0 aromatic heterocycles. The van der Waals surface area contributed by atoms with E-state index < -0.39 is 34.4 Å². The molecule has 5 rings (SSSR count). The number of methoxy groups -OCH3 is 1. The van der Waals surface area contributed by atoms with E-state index >= 15 is 0 Å². The van der Waals surface area contributed by atoms with E-state index in [1.807, 2.05) is 61.5 Å². The lowest BCUT2D eigenvalue weighted by atomic mass is 10.0. The third-order valence-electron chi connectivity index (χ3n) is 7.69. The average molecular weight is 682 g/mol. The number of rotatable bonds is 14. The Labute approximate surface area is 285 Å². The molecular weight excluding hydrogens is 645 g/mol. The lowest BCUT2D eigenvalue weighted by Crippen LogP contribution is -2.45. The molecule has 0 saturated carbocycles. The van der Waals surface area contributed by atoms with Gasteiger partial charge in [-0.25, -0.2) is 12.8 Å². The third kappa shape index (κ3) is 9.45. The number of ether oxygens (including phenoxy) is 2. The van der Waals surface area contributed by atoms with Crippen molar-refractivity contribution in [2.75, 3.05) is 18.4 Å². The van der Waals surface area contributed by atoms with Crippen LogP contribution in [0.1, 0.15) is 28.3 Å². The van der Waals surface area contributed by atoms with Crippen LogP contribution in [-0.4, -0.2) is 38.8 Å². The first-order chi connectivity index (χ1) is 23.6. The van der Waals surface area contributed by atoms with Gasteiger partial charge in [0.1, 0.15) is 23.4 Å². The molecule has 0 aliphatic carbocycles. The van der Waals surface area contributed by atoms with Gasteiger partial charge < -0.3 is 19.7 Å². The minimum absolute atomic E-state index is 0.0500. The van der Waals surface area contributed by atoms with Crippen LogP contribution in [0, 0.1) is 12.7 Å². The summed E-state index contributed by atoms with van der Waals surface area (Å²) in [7, 11) is -2.40. The van der Waals surface area contributed by atoms with Gasteiger partial charge in [-0.15, -0.1) is 0 Å². The Morgan fingerprint density at radius 3 is 2.02 bits per heavy atom. The van der Waals surface area contributed by atoms with Gasteiger partial charge in [-0.2, -0.15) is 0 Å². The van der Waals surface area contributed by atoms with Gasteiger partial charge >= 0.3 is 0 Å². The highest BCUT2D eigenvalue weighted by molar-refractivity contribution is 7.92. The lowest BCUT2D eigenvalue weighted by Gasteiger charge is -2.31. The number of amides is 2. The predicted molar refractivity (Wildman–Crippen MR) is 185 cm³/mol. The summed E-state index contributed by atoms with van der Waals surface area (Å²) >= 11 is 0. The largest absolute Gasteiger partial charge is 0.497 e. The van der Waals surface area contributed by atoms with E-state index in [0.29, 0.717) is 11.3 Å². The molecule has 2 amide bonds. The maximum Gasteiger partial charge on any atom is 0.261 e. The van der Waals surface area contributed by atoms with Crippen molar-refractivity contribution in [2.24, 2.45) is 0 Å². The molecule has 0 fully saturated rings. The molecule has 1 atom stereocenters. The molecular formula is C38H36FN3O6S. The highest BCUT2D eigenvalue weighted by Gasteiger charge is 2.32. The molecule has 0 heterocycles. The maximum atomic E-state index is 14.0. The fourth-order valence-corrected chi connectivity index (χ4v) is 6.08. The molecule has 5 aromatic carbocycles. The molecule has 0 aliphatic rings. The Kier molecular flexibility index (Phi) is 11.3. The second-order valence-electron chi connectivity index (χ2n) is 11.3. The monoisotopic (exact) mass is 681 g/mol. The first-order valence-corrected chi connectivity index (χ1v) is 16.9. The van der Waals surface area contributed by atoms with Crippen LogP contribution in [0.4, 0.5) is 10.1 Å². The van der Waals surface area contributed by atoms with E-state index in [1.165, 1.54) is 41.3 Å². The third-order valence-corrected chi connectivity index (χ3v) is 9.08. The summed E-state index contributed by atoms with van der Waals surface area (Å²) in [6.45, 7) is 1.93. The van der Waals surface area contributed by atoms with E-state index in [-0.39, 0.29) is 35.3 Å². The van der Waals surface area contributed by atoms with Crippen molar-refractivity contribution >= 4 is 27.5 Å². The number of sulfonamides is 1. The fourth-order valence-electron chi connectivity index (χ4n) is 5.03. The van der Waals surface area contributed by atoms with E-state index in [9.17, 15) is 22.4 Å². The van der Waals surface area contributed by atoms with Crippen molar-refractivity contribution in [3.63, 3.8) is 0 Å². The summed E-state index contributed by atoms with van der Waals surface area (Å²) in [6, 6.07) is 33.6. The Hall–Kier alpha value is -5.68. The van der Waals surface area contributed by atoms with Gasteiger partial charge in [-0.1, -0.05) is 72.3 Å². The molecule has 5 aromatic rings. The first-order valence-electron chi connectivity index (χ1n) is 15.4. The van der Waals surface area contributed by atoms with Crippen molar-refractivity contribution in [3.05, 3.63) is 155 Å². The maximum absolute atomic E-state index is 14.0. The summed E-state index contributed by atoms with van der Waals surface area (Å²) in [5.74, 6) is -0.418. The standard InChI is InChI=1S/C38H36FN3O6S/c1-27-8-10-28(11-9-27)24-40-38(44)37(30-6-4-3-5-7-30)42(25-29-12-18-33(47-2)19-13-29)36(43)26-48-34-20-22-35(23-21-34)49(45,46)41-32-16-14-31(39)15-17-32/h3-23,37,41H,24-26H2,1-2H3,(H,40,44). The van der Waals surface area contributed by atoms with E-state index in [0.717, 1.165) is 28.8 Å². The molecule has 0 saturated heterocycles. The number of nitrogens with zero attached hydrogens (tertiary/aromatic N) is 1. The topological polar surface area (TPSA) is 114 Å². The summed E-state index contributed by atoms with van der Waals surface area (Å²) in [5.41, 5.74) is 3.62. The number of carbonyl (C=O) groups excluding carboxylic acids is 2. The highest BCUT2D eigenvalue weighted by Crippen LogP contribution is 2.26. The van der Waals surface area contributed by atoms with Crippen molar-refractivity contribution in [1.29, 1.82) is 0 Å². The molecule has 252 valence electrons. The zero-order chi connectivity index (χ0) is 34.8. The van der Waals surface area contributed by atoms with Crippen LogP contribution < -0.4 is 19.5 Å². The van der Waals surface area contributed by atoms with Gasteiger partial charge in [-0.05, 0) is 84.3 Å². The number of anilines is 1. The SMILES string of the molecule is COc1ccc(CN(C(=O)COc2ccc(S(=O)(=O)Nc3ccc(F)cc3)cc2)C(C(=O)NCc2ccc(C)cc2)c2ccccc2)cc1. The van der Waals surface area contributed by atoms with Gasteiger partial charge in [-0.3, -0.25) is 14.3 Å². The lowest BCUT2D eigenvalue weighted by molar-refractivity contribution is -0.143. The van der Waals surface area contributed by atoms with Gasteiger partial charge in [0.05, 0.1) is 12.0 Å². The van der Waals surface area contributed by atoms with Gasteiger partial charge in [0.25, 0.3) is 15.9 Å². The summed E-state index contributed by atoms with van der Waals surface area (Å²) < 4.78 is 52.4. The molecule has 0 bridgehead atoms. The van der Waals surface area contributed by atoms with E-state index in [4.69, 9.17) is 9.47 Å². The number of nitrogens with one attached hydrogen (secondary N) is 2. The molecule has 11 heteroatoms. The summed E-state index contributed by atoms with van der Waals surface area (Å²) in [6.07, 6.45) is 0. The van der Waals surface area contributed by atoms with E-state index in [2.05, 4.69) is 10.0 Å². The average Bonchev–Trinajstić information content (AvgIpc) is 3.12. The Balaban J connectivity index is 1.36. The van der Waals surface area contributed by atoms with Crippen LogP contribution in [-0.2, 0) is 32.7 Å². The highest BCUT2D eigenvalue weighted by atomic mass is 32.2. The van der Waals surface area contributed by atoms with Crippen molar-refractivity contribution in [3.8, 4) is 11.5 Å². The Morgan fingerprint density at radius 2 is 1.39 bits per heavy atom. The van der Waals surface area contributed by atoms with Gasteiger partial charge in [0, 0.05) is 18.8 Å². The predicted octanol–water partition coefficient (Wildman–Crippen LogP) is 6.41. The summed E-state index contributed by atoms with van der Waals surface area (Å²) in [4.78, 5) is 29.3. The van der Waals surface area contributed by atoms with Crippen LogP contribution in [0.25, 0.3) is 0 Å². The second kappa shape index (κ2) is 15.9. The molecule has 0 radical (unpaired) electrons. The second-order valence-corrected chi connectivity index (χ2v) is 12.9. The van der Waals surface area contributed by atoms with Crippen LogP contribution >= 0.6 is 0 Å². The van der Waals surface area contributed by atoms with E-state index in [1.54, 1.807) is 31.4 Å². The van der Waals surface area contributed by atoms with Crippen LogP contribution in [0.5, 0.6) is 11.5 Å². The number of benzene rings is 5. The first kappa shape index (κ1) is 34.6. The minimum Gasteiger partial charge on any atom is -0.497 e. The Morgan fingerprint density at radius 1 is 0.776 bits per heavy atom. The Bertz CT molecular complexity index is 1950. The number of carbonyl (C=O) groups is 2. The number of hydrogen-bond acceptors (Lipinski definition) is 6.